The van der Waals surface area contributed by atoms with Gasteiger partial charge in [0.15, 0.2) is 28.8 Å². The Bertz CT molecular complexity index is 917. The van der Waals surface area contributed by atoms with Gasteiger partial charge in [0.05, 0.1) is 28.4 Å². The fourth-order valence-corrected chi connectivity index (χ4v) is 3.33. The average Bonchev–Trinajstić information content (AvgIpc) is 2.68. The van der Waals surface area contributed by atoms with E-state index in [9.17, 15) is 9.18 Å². The first-order valence-electron chi connectivity index (χ1n) is 8.44. The summed E-state index contributed by atoms with van der Waals surface area (Å²) in [6.45, 7) is 0. The molecule has 3 rings (SSSR count). The van der Waals surface area contributed by atoms with E-state index in [0.29, 0.717) is 46.8 Å². The molecule has 0 atom stereocenters. The number of benzene rings is 2. The summed E-state index contributed by atoms with van der Waals surface area (Å²) in [5.41, 5.74) is 2.63. The number of hydrogen-bond acceptors (Lipinski definition) is 5. The van der Waals surface area contributed by atoms with Crippen LogP contribution in [0.4, 0.5) is 4.39 Å². The first kappa shape index (κ1) is 18.8. The molecule has 0 aliphatic heterocycles. The van der Waals surface area contributed by atoms with E-state index in [1.54, 1.807) is 25.3 Å². The molecule has 1 aliphatic rings. The van der Waals surface area contributed by atoms with Crippen molar-refractivity contribution in [1.29, 1.82) is 0 Å². The predicted octanol–water partition coefficient (Wildman–Crippen LogP) is 3.92. The second-order valence-corrected chi connectivity index (χ2v) is 6.05. The molecule has 27 heavy (non-hydrogen) atoms. The summed E-state index contributed by atoms with van der Waals surface area (Å²) in [5.74, 6) is 1.15. The minimum Gasteiger partial charge on any atom is -0.494 e. The van der Waals surface area contributed by atoms with Crippen molar-refractivity contribution in [2.24, 2.45) is 0 Å². The molecule has 0 bridgehead atoms. The lowest BCUT2D eigenvalue weighted by Crippen LogP contribution is -2.14. The zero-order valence-corrected chi connectivity index (χ0v) is 15.7. The molecule has 0 saturated heterocycles. The Labute approximate surface area is 157 Å². The van der Waals surface area contributed by atoms with Crippen LogP contribution in [0.5, 0.6) is 23.0 Å². The third-order valence-corrected chi connectivity index (χ3v) is 4.61. The van der Waals surface area contributed by atoms with E-state index in [2.05, 4.69) is 0 Å². The Balaban J connectivity index is 2.19. The monoisotopic (exact) mass is 372 g/mol. The summed E-state index contributed by atoms with van der Waals surface area (Å²) in [5, 5.41) is 0. The summed E-state index contributed by atoms with van der Waals surface area (Å²) in [6.07, 6.45) is 2.55. The van der Waals surface area contributed by atoms with Crippen LogP contribution in [-0.4, -0.2) is 34.2 Å². The van der Waals surface area contributed by atoms with Crippen molar-refractivity contribution >= 4 is 17.4 Å². The largest absolute Gasteiger partial charge is 0.494 e. The van der Waals surface area contributed by atoms with Crippen molar-refractivity contribution in [3.8, 4) is 23.0 Å². The molecule has 0 N–H and O–H groups in total. The highest BCUT2D eigenvalue weighted by Gasteiger charge is 2.29. The molecule has 0 aromatic heterocycles. The van der Waals surface area contributed by atoms with Gasteiger partial charge < -0.3 is 18.9 Å². The first-order valence-corrected chi connectivity index (χ1v) is 8.44. The zero-order valence-electron chi connectivity index (χ0n) is 15.7. The van der Waals surface area contributed by atoms with E-state index in [0.717, 1.165) is 5.56 Å². The van der Waals surface area contributed by atoms with Gasteiger partial charge in [-0.15, -0.1) is 0 Å². The molecule has 0 unspecified atom stereocenters. The first-order chi connectivity index (χ1) is 13.0. The van der Waals surface area contributed by atoms with Gasteiger partial charge in [0.1, 0.15) is 0 Å². The van der Waals surface area contributed by atoms with E-state index < -0.39 is 5.82 Å². The van der Waals surface area contributed by atoms with Gasteiger partial charge >= 0.3 is 0 Å². The van der Waals surface area contributed by atoms with Crippen LogP contribution in [-0.2, 0) is 11.2 Å². The summed E-state index contributed by atoms with van der Waals surface area (Å²) in [7, 11) is 6.02. The maximum Gasteiger partial charge on any atom is 0.203 e. The number of allylic oxidation sites excluding steroid dienone is 1. The Kier molecular flexibility index (Phi) is 5.35. The number of carbonyl (C=O) groups is 1. The van der Waals surface area contributed by atoms with Gasteiger partial charge in [-0.25, -0.2) is 4.39 Å². The van der Waals surface area contributed by atoms with Crippen LogP contribution in [0.1, 0.15) is 23.1 Å². The normalized spacial score (nSPS) is 14.7. The maximum absolute atomic E-state index is 14.0. The lowest BCUT2D eigenvalue weighted by Gasteiger charge is -2.24. The highest BCUT2D eigenvalue weighted by Crippen LogP contribution is 2.46. The molecule has 2 aromatic rings. The molecule has 142 valence electrons. The van der Waals surface area contributed by atoms with Crippen molar-refractivity contribution in [3.63, 3.8) is 0 Å². The topological polar surface area (TPSA) is 54.0 Å². The number of Topliss-reactive ketones (excluding diaryl/α,β-unsaturated/α-hetero) is 1. The van der Waals surface area contributed by atoms with Gasteiger partial charge in [-0.1, -0.05) is 6.07 Å². The Morgan fingerprint density at radius 1 is 0.889 bits per heavy atom. The van der Waals surface area contributed by atoms with Gasteiger partial charge in [0.2, 0.25) is 5.75 Å². The molecule has 0 saturated carbocycles. The van der Waals surface area contributed by atoms with Crippen molar-refractivity contribution in [3.05, 3.63) is 46.8 Å². The molecule has 5 nitrogen and oxygen atoms in total. The van der Waals surface area contributed by atoms with E-state index >= 15 is 0 Å². The summed E-state index contributed by atoms with van der Waals surface area (Å²) in [6, 6.07) is 6.34. The molecule has 6 heteroatoms. The molecular formula is C21H21FO5. The van der Waals surface area contributed by atoms with E-state index in [4.69, 9.17) is 18.9 Å². The minimum absolute atomic E-state index is 0.0204. The van der Waals surface area contributed by atoms with Crippen molar-refractivity contribution in [2.45, 2.75) is 12.8 Å². The van der Waals surface area contributed by atoms with Crippen molar-refractivity contribution in [2.75, 3.05) is 28.4 Å². The van der Waals surface area contributed by atoms with E-state index in [1.807, 2.05) is 0 Å². The molecule has 1 aliphatic carbocycles. The summed E-state index contributed by atoms with van der Waals surface area (Å²) >= 11 is 0. The molecule has 0 fully saturated rings. The predicted molar refractivity (Wildman–Crippen MR) is 100 cm³/mol. The highest BCUT2D eigenvalue weighted by atomic mass is 19.1. The van der Waals surface area contributed by atoms with Gasteiger partial charge in [0.25, 0.3) is 0 Å². The number of rotatable bonds is 5. The lowest BCUT2D eigenvalue weighted by molar-refractivity contribution is -0.113. The standard InChI is InChI=1S/C21H21FO5/c1-24-18-8-5-12(10-16(18)22)9-15-14-11-19(25-2)21(27-4)20(26-3)13(14)6-7-17(15)23/h5,8-11H,6-7H2,1-4H3/b15-9+. The summed E-state index contributed by atoms with van der Waals surface area (Å²) < 4.78 is 35.4. The zero-order chi connectivity index (χ0) is 19.6. The molecule has 2 aromatic carbocycles. The lowest BCUT2D eigenvalue weighted by atomic mass is 9.84. The quantitative estimate of drug-likeness (QED) is 0.745. The second-order valence-electron chi connectivity index (χ2n) is 6.05. The minimum atomic E-state index is -0.486. The smallest absolute Gasteiger partial charge is 0.203 e. The van der Waals surface area contributed by atoms with E-state index in [1.165, 1.54) is 33.5 Å². The Morgan fingerprint density at radius 2 is 1.59 bits per heavy atom. The molecule has 0 radical (unpaired) electrons. The van der Waals surface area contributed by atoms with Crippen LogP contribution in [0.3, 0.4) is 0 Å². The molecule has 0 heterocycles. The number of methoxy groups -OCH3 is 4. The molecule has 0 amide bonds. The van der Waals surface area contributed by atoms with Gasteiger partial charge in [-0.2, -0.15) is 0 Å². The Hall–Kier alpha value is -3.02. The number of fused-ring (bicyclic) bond motifs is 1. The van der Waals surface area contributed by atoms with Crippen LogP contribution >= 0.6 is 0 Å². The third kappa shape index (κ3) is 3.35. The number of ether oxygens (including phenoxy) is 4. The number of hydrogen-bond donors (Lipinski definition) is 0. The fourth-order valence-electron chi connectivity index (χ4n) is 3.33. The molecular weight excluding hydrogens is 351 g/mol. The number of halogens is 1. The maximum atomic E-state index is 14.0. The van der Waals surface area contributed by atoms with Crippen molar-refractivity contribution in [1.82, 2.24) is 0 Å². The van der Waals surface area contributed by atoms with E-state index in [-0.39, 0.29) is 11.5 Å². The molecule has 0 spiro atoms. The van der Waals surface area contributed by atoms with Crippen LogP contribution in [0.25, 0.3) is 11.6 Å². The summed E-state index contributed by atoms with van der Waals surface area (Å²) in [4.78, 5) is 12.6. The second kappa shape index (κ2) is 7.70. The van der Waals surface area contributed by atoms with Crippen LogP contribution in [0.2, 0.25) is 0 Å². The number of ketones is 1. The SMILES string of the molecule is COc1ccc(/C=C2/C(=O)CCc3c2cc(OC)c(OC)c3OC)cc1F. The van der Waals surface area contributed by atoms with Gasteiger partial charge in [-0.05, 0) is 41.8 Å². The van der Waals surface area contributed by atoms with Crippen molar-refractivity contribution < 1.29 is 28.1 Å². The van der Waals surface area contributed by atoms with Crippen LogP contribution in [0, 0.1) is 5.82 Å². The fraction of sp³-hybridized carbons (Fsp3) is 0.286. The number of carbonyl (C=O) groups excluding carboxylic acids is 1. The van der Waals surface area contributed by atoms with Crippen LogP contribution in [0.15, 0.2) is 24.3 Å². The average molecular weight is 372 g/mol. The third-order valence-electron chi connectivity index (χ3n) is 4.61. The van der Waals surface area contributed by atoms with Gasteiger partial charge in [0, 0.05) is 17.6 Å². The Morgan fingerprint density at radius 3 is 2.19 bits per heavy atom. The van der Waals surface area contributed by atoms with Crippen LogP contribution < -0.4 is 18.9 Å². The highest BCUT2D eigenvalue weighted by molar-refractivity contribution is 6.27. The van der Waals surface area contributed by atoms with Gasteiger partial charge in [-0.3, -0.25) is 4.79 Å².